The maximum atomic E-state index is 10.3. The Balaban J connectivity index is 3.12. The van der Waals surface area contributed by atoms with Crippen LogP contribution in [-0.4, -0.2) is 11.4 Å². The lowest BCUT2D eigenvalue weighted by Crippen LogP contribution is -1.87. The fourth-order valence-electron chi connectivity index (χ4n) is 0.789. The lowest BCUT2D eigenvalue weighted by molar-refractivity contribution is 0.112. The van der Waals surface area contributed by atoms with Crippen LogP contribution in [0.4, 0.5) is 0 Å². The summed E-state index contributed by atoms with van der Waals surface area (Å²) in [5, 5.41) is 8.79. The average molecular weight is 215 g/mol. The number of aliphatic hydroxyl groups excluding tert-OH is 1. The predicted molar refractivity (Wildman–Crippen MR) is 45.5 cm³/mol. The molecule has 58 valence electrons. The number of benzene rings is 1. The summed E-state index contributed by atoms with van der Waals surface area (Å²) in [6.07, 6.45) is 0.756. The summed E-state index contributed by atoms with van der Waals surface area (Å²) in [6.45, 7) is -0.0533. The molecule has 0 saturated carbocycles. The third-order valence-electron chi connectivity index (χ3n) is 1.38. The summed E-state index contributed by atoms with van der Waals surface area (Å²) in [5.41, 5.74) is 1.31. The standard InChI is InChI=1S/C8H7BrO2/c9-8-2-1-6(4-10)3-7(8)5-11/h1-4,11H,5H2. The minimum atomic E-state index is -0.0533. The molecule has 0 aliphatic rings. The van der Waals surface area contributed by atoms with Gasteiger partial charge in [0.05, 0.1) is 6.61 Å². The Hall–Kier alpha value is -0.670. The van der Waals surface area contributed by atoms with Crippen LogP contribution in [0.2, 0.25) is 0 Å². The van der Waals surface area contributed by atoms with E-state index in [1.54, 1.807) is 18.2 Å². The van der Waals surface area contributed by atoms with Crippen molar-refractivity contribution in [1.29, 1.82) is 0 Å². The topological polar surface area (TPSA) is 37.3 Å². The Labute approximate surface area is 73.0 Å². The van der Waals surface area contributed by atoms with Crippen molar-refractivity contribution in [2.75, 3.05) is 0 Å². The Morgan fingerprint density at radius 3 is 2.82 bits per heavy atom. The zero-order chi connectivity index (χ0) is 8.27. The fraction of sp³-hybridized carbons (Fsp3) is 0.125. The summed E-state index contributed by atoms with van der Waals surface area (Å²) >= 11 is 3.24. The normalized spacial score (nSPS) is 9.64. The van der Waals surface area contributed by atoms with Crippen LogP contribution in [0.1, 0.15) is 15.9 Å². The molecule has 0 fully saturated rings. The van der Waals surface area contributed by atoms with Gasteiger partial charge in [0.25, 0.3) is 0 Å². The van der Waals surface area contributed by atoms with Crippen molar-refractivity contribution in [3.05, 3.63) is 33.8 Å². The molecular formula is C8H7BrO2. The molecule has 0 aliphatic carbocycles. The molecule has 0 aliphatic heterocycles. The second-order valence-electron chi connectivity index (χ2n) is 2.13. The average Bonchev–Trinajstić information content (AvgIpc) is 2.05. The van der Waals surface area contributed by atoms with Crippen LogP contribution >= 0.6 is 15.9 Å². The van der Waals surface area contributed by atoms with E-state index in [0.717, 1.165) is 16.3 Å². The van der Waals surface area contributed by atoms with Gasteiger partial charge in [-0.05, 0) is 17.7 Å². The van der Waals surface area contributed by atoms with Crippen molar-refractivity contribution in [1.82, 2.24) is 0 Å². The maximum Gasteiger partial charge on any atom is 0.150 e. The van der Waals surface area contributed by atoms with Crippen LogP contribution in [0.25, 0.3) is 0 Å². The molecule has 1 N–H and O–H groups in total. The number of aliphatic hydroxyl groups is 1. The van der Waals surface area contributed by atoms with E-state index in [1.807, 2.05) is 0 Å². The number of aldehydes is 1. The summed E-state index contributed by atoms with van der Waals surface area (Å²) in [6, 6.07) is 5.09. The molecule has 1 aromatic rings. The fourth-order valence-corrected chi connectivity index (χ4v) is 1.16. The number of carbonyl (C=O) groups is 1. The van der Waals surface area contributed by atoms with Crippen LogP contribution in [0.5, 0.6) is 0 Å². The molecule has 0 radical (unpaired) electrons. The zero-order valence-electron chi connectivity index (χ0n) is 5.75. The van der Waals surface area contributed by atoms with E-state index in [0.29, 0.717) is 5.56 Å². The highest BCUT2D eigenvalue weighted by Gasteiger charge is 1.98. The van der Waals surface area contributed by atoms with Gasteiger partial charge in [-0.3, -0.25) is 4.79 Å². The van der Waals surface area contributed by atoms with E-state index < -0.39 is 0 Å². The first kappa shape index (κ1) is 8.43. The highest BCUT2D eigenvalue weighted by atomic mass is 79.9. The molecule has 1 aromatic carbocycles. The Kier molecular flexibility index (Phi) is 2.79. The van der Waals surface area contributed by atoms with Gasteiger partial charge in [0, 0.05) is 10.0 Å². The number of hydrogen-bond acceptors (Lipinski definition) is 2. The van der Waals surface area contributed by atoms with Gasteiger partial charge in [0.15, 0.2) is 0 Å². The van der Waals surface area contributed by atoms with Crippen molar-refractivity contribution < 1.29 is 9.90 Å². The lowest BCUT2D eigenvalue weighted by Gasteiger charge is -1.99. The van der Waals surface area contributed by atoms with Gasteiger partial charge in [-0.15, -0.1) is 0 Å². The number of hydrogen-bond donors (Lipinski definition) is 1. The third-order valence-corrected chi connectivity index (χ3v) is 2.15. The van der Waals surface area contributed by atoms with Crippen LogP contribution < -0.4 is 0 Å². The molecule has 0 heterocycles. The van der Waals surface area contributed by atoms with Gasteiger partial charge in [-0.25, -0.2) is 0 Å². The largest absolute Gasteiger partial charge is 0.392 e. The first-order valence-corrected chi connectivity index (χ1v) is 3.91. The first-order valence-electron chi connectivity index (χ1n) is 3.12. The number of carbonyl (C=O) groups excluding carboxylic acids is 1. The Morgan fingerprint density at radius 2 is 2.27 bits per heavy atom. The number of rotatable bonds is 2. The van der Waals surface area contributed by atoms with Gasteiger partial charge in [-0.1, -0.05) is 22.0 Å². The van der Waals surface area contributed by atoms with Crippen LogP contribution in [-0.2, 0) is 6.61 Å². The van der Waals surface area contributed by atoms with Crippen LogP contribution in [0.3, 0.4) is 0 Å². The molecule has 1 rings (SSSR count). The first-order chi connectivity index (χ1) is 5.27. The van der Waals surface area contributed by atoms with Gasteiger partial charge < -0.3 is 5.11 Å². The third kappa shape index (κ3) is 1.88. The van der Waals surface area contributed by atoms with E-state index >= 15 is 0 Å². The smallest absolute Gasteiger partial charge is 0.150 e. The molecular weight excluding hydrogens is 208 g/mol. The van der Waals surface area contributed by atoms with Crippen molar-refractivity contribution in [2.45, 2.75) is 6.61 Å². The second-order valence-corrected chi connectivity index (χ2v) is 2.98. The summed E-state index contributed by atoms with van der Waals surface area (Å²) < 4.78 is 0.825. The van der Waals surface area contributed by atoms with Gasteiger partial charge in [0.1, 0.15) is 6.29 Å². The molecule has 3 heteroatoms. The molecule has 0 amide bonds. The summed E-state index contributed by atoms with van der Waals surface area (Å²) in [5.74, 6) is 0. The van der Waals surface area contributed by atoms with E-state index in [2.05, 4.69) is 15.9 Å². The minimum absolute atomic E-state index is 0.0533. The van der Waals surface area contributed by atoms with Crippen molar-refractivity contribution in [3.8, 4) is 0 Å². The molecule has 11 heavy (non-hydrogen) atoms. The Bertz CT molecular complexity index is 271. The molecule has 0 unspecified atom stereocenters. The van der Waals surface area contributed by atoms with Gasteiger partial charge in [-0.2, -0.15) is 0 Å². The van der Waals surface area contributed by atoms with E-state index in [-0.39, 0.29) is 6.61 Å². The highest BCUT2D eigenvalue weighted by Crippen LogP contribution is 2.17. The maximum absolute atomic E-state index is 10.3. The highest BCUT2D eigenvalue weighted by molar-refractivity contribution is 9.10. The van der Waals surface area contributed by atoms with Crippen molar-refractivity contribution in [3.63, 3.8) is 0 Å². The van der Waals surface area contributed by atoms with Crippen molar-refractivity contribution in [2.24, 2.45) is 0 Å². The quantitative estimate of drug-likeness (QED) is 0.763. The van der Waals surface area contributed by atoms with Gasteiger partial charge >= 0.3 is 0 Å². The molecule has 0 bridgehead atoms. The monoisotopic (exact) mass is 214 g/mol. The number of halogens is 1. The van der Waals surface area contributed by atoms with E-state index in [9.17, 15) is 4.79 Å². The van der Waals surface area contributed by atoms with E-state index in [1.165, 1.54) is 0 Å². The van der Waals surface area contributed by atoms with E-state index in [4.69, 9.17) is 5.11 Å². The molecule has 0 atom stereocenters. The summed E-state index contributed by atoms with van der Waals surface area (Å²) in [7, 11) is 0. The van der Waals surface area contributed by atoms with Crippen LogP contribution in [0.15, 0.2) is 22.7 Å². The second kappa shape index (κ2) is 3.64. The van der Waals surface area contributed by atoms with Gasteiger partial charge in [0.2, 0.25) is 0 Å². The molecule has 0 spiro atoms. The summed E-state index contributed by atoms with van der Waals surface area (Å²) in [4.78, 5) is 10.3. The minimum Gasteiger partial charge on any atom is -0.392 e. The Morgan fingerprint density at radius 1 is 1.55 bits per heavy atom. The zero-order valence-corrected chi connectivity index (χ0v) is 7.34. The van der Waals surface area contributed by atoms with Crippen LogP contribution in [0, 0.1) is 0 Å². The molecule has 0 aromatic heterocycles. The molecule has 2 nitrogen and oxygen atoms in total. The predicted octanol–water partition coefficient (Wildman–Crippen LogP) is 1.75. The lowest BCUT2D eigenvalue weighted by atomic mass is 10.1. The van der Waals surface area contributed by atoms with Crippen molar-refractivity contribution >= 4 is 22.2 Å². The molecule has 0 saturated heterocycles. The SMILES string of the molecule is O=Cc1ccc(Br)c(CO)c1.